The van der Waals surface area contributed by atoms with Crippen molar-refractivity contribution in [1.29, 1.82) is 5.41 Å². The minimum atomic E-state index is -0.922. The van der Waals surface area contributed by atoms with Crippen molar-refractivity contribution < 1.29 is 9.50 Å². The smallest absolute Gasteiger partial charge is 0.136 e. The van der Waals surface area contributed by atoms with Crippen LogP contribution in [0.1, 0.15) is 48.7 Å². The molecule has 3 heterocycles. The van der Waals surface area contributed by atoms with Gasteiger partial charge in [-0.25, -0.2) is 14.4 Å². The number of hydrogen-bond acceptors (Lipinski definition) is 7. The Hall–Kier alpha value is -2.58. The molecule has 0 spiro atoms. The normalized spacial score (nSPS) is 22.2. The summed E-state index contributed by atoms with van der Waals surface area (Å²) in [6.45, 7) is 10.5. The molecule has 0 amide bonds. The first-order valence-electron chi connectivity index (χ1n) is 11.3. The number of anilines is 3. The lowest BCUT2D eigenvalue weighted by molar-refractivity contribution is 0.0938. The number of halogens is 1. The molecule has 8 heteroatoms. The maximum Gasteiger partial charge on any atom is 0.136 e. The first-order valence-corrected chi connectivity index (χ1v) is 11.3. The molecular formula is C24H33FN6O. The van der Waals surface area contributed by atoms with Crippen molar-refractivity contribution in [3.8, 4) is 0 Å². The van der Waals surface area contributed by atoms with E-state index in [1.165, 1.54) is 6.21 Å². The number of aliphatic hydroxyl groups is 1. The third-order valence-electron chi connectivity index (χ3n) is 6.57. The van der Waals surface area contributed by atoms with Gasteiger partial charge in [-0.1, -0.05) is 0 Å². The van der Waals surface area contributed by atoms with Gasteiger partial charge in [0.25, 0.3) is 0 Å². The number of piperidine rings is 1. The molecule has 1 aromatic carbocycles. The molecule has 7 nitrogen and oxygen atoms in total. The van der Waals surface area contributed by atoms with Gasteiger partial charge in [-0.3, -0.25) is 4.90 Å². The molecule has 2 atom stereocenters. The predicted octanol–water partition coefficient (Wildman–Crippen LogP) is 3.55. The van der Waals surface area contributed by atoms with E-state index in [4.69, 9.17) is 5.41 Å². The molecule has 0 bridgehead atoms. The Morgan fingerprint density at radius 3 is 2.56 bits per heavy atom. The Labute approximate surface area is 189 Å². The number of hydrogen-bond donors (Lipinski definition) is 3. The zero-order chi connectivity index (χ0) is 23.0. The quantitative estimate of drug-likeness (QED) is 0.596. The van der Waals surface area contributed by atoms with Crippen LogP contribution in [0, 0.1) is 19.3 Å². The molecule has 2 fully saturated rings. The number of benzene rings is 1. The van der Waals surface area contributed by atoms with Crippen LogP contribution in [0.4, 0.5) is 21.7 Å². The van der Waals surface area contributed by atoms with E-state index < -0.39 is 6.17 Å². The summed E-state index contributed by atoms with van der Waals surface area (Å²) < 4.78 is 15.2. The third kappa shape index (κ3) is 4.61. The second-order valence-electron chi connectivity index (χ2n) is 9.28. The van der Waals surface area contributed by atoms with E-state index in [1.807, 2.05) is 36.9 Å². The monoisotopic (exact) mass is 440 g/mol. The summed E-state index contributed by atoms with van der Waals surface area (Å²) in [6, 6.07) is 6.14. The van der Waals surface area contributed by atoms with Crippen LogP contribution in [0.2, 0.25) is 0 Å². The maximum absolute atomic E-state index is 15.2. The van der Waals surface area contributed by atoms with Gasteiger partial charge >= 0.3 is 0 Å². The first kappa shape index (κ1) is 22.6. The van der Waals surface area contributed by atoms with Crippen molar-refractivity contribution in [2.75, 3.05) is 36.4 Å². The number of aromatic nitrogens is 2. The van der Waals surface area contributed by atoms with E-state index in [-0.39, 0.29) is 12.0 Å². The Morgan fingerprint density at radius 1 is 1.19 bits per heavy atom. The summed E-state index contributed by atoms with van der Waals surface area (Å²) in [5, 5.41) is 20.8. The fourth-order valence-corrected chi connectivity index (χ4v) is 4.68. The number of β-amino-alcohol motifs (C(OH)–C–C–N with tert-alkyl or cyclic N) is 1. The topological polar surface area (TPSA) is 88.4 Å². The van der Waals surface area contributed by atoms with Crippen molar-refractivity contribution in [3.63, 3.8) is 0 Å². The standard InChI is InChI=1S/C24H33FN6O/c1-14(2)30-6-5-19(21(25)13-30)20-8-22(17(10-26)7-15(20)3)29-23-9-24(28-16(4)27-23)31-11-18(32)12-31/h7-10,14,18-19,21,26,32H,5-6,11-13H2,1-4H3,(H,27,28,29). The van der Waals surface area contributed by atoms with Gasteiger partial charge < -0.3 is 20.7 Å². The maximum atomic E-state index is 15.2. The van der Waals surface area contributed by atoms with Crippen molar-refractivity contribution in [1.82, 2.24) is 14.9 Å². The van der Waals surface area contributed by atoms with Crippen LogP contribution in [-0.2, 0) is 0 Å². The van der Waals surface area contributed by atoms with Crippen LogP contribution in [0.25, 0.3) is 0 Å². The number of likely N-dealkylation sites (tertiary alicyclic amines) is 1. The van der Waals surface area contributed by atoms with Crippen molar-refractivity contribution in [2.45, 2.75) is 58.4 Å². The molecule has 32 heavy (non-hydrogen) atoms. The second kappa shape index (κ2) is 9.11. The minimum Gasteiger partial charge on any atom is -0.389 e. The SMILES string of the molecule is Cc1nc(Nc2cc(C3CCN(C(C)C)CC3F)c(C)cc2C=N)cc(N2CC(O)C2)n1. The molecule has 4 rings (SSSR count). The van der Waals surface area contributed by atoms with E-state index in [0.29, 0.717) is 37.3 Å². The number of aliphatic hydroxyl groups excluding tert-OH is 1. The summed E-state index contributed by atoms with van der Waals surface area (Å²) in [6.07, 6.45) is 0.849. The molecular weight excluding hydrogens is 407 g/mol. The molecule has 2 saturated heterocycles. The summed E-state index contributed by atoms with van der Waals surface area (Å²) in [5.41, 5.74) is 3.48. The lowest BCUT2D eigenvalue weighted by Crippen LogP contribution is -2.51. The molecule has 2 aliphatic rings. The predicted molar refractivity (Wildman–Crippen MR) is 126 cm³/mol. The van der Waals surface area contributed by atoms with Crippen molar-refractivity contribution >= 4 is 23.5 Å². The molecule has 0 aliphatic carbocycles. The molecule has 0 saturated carbocycles. The summed E-state index contributed by atoms with van der Waals surface area (Å²) in [4.78, 5) is 13.2. The third-order valence-corrected chi connectivity index (χ3v) is 6.57. The van der Waals surface area contributed by atoms with Gasteiger partial charge in [0, 0.05) is 55.1 Å². The van der Waals surface area contributed by atoms with E-state index in [1.54, 1.807) is 0 Å². The van der Waals surface area contributed by atoms with E-state index >= 15 is 4.39 Å². The van der Waals surface area contributed by atoms with Gasteiger partial charge in [0.15, 0.2) is 0 Å². The Bertz CT molecular complexity index is 991. The lowest BCUT2D eigenvalue weighted by atomic mass is 9.84. The zero-order valence-electron chi connectivity index (χ0n) is 19.3. The van der Waals surface area contributed by atoms with Gasteiger partial charge in [-0.15, -0.1) is 0 Å². The van der Waals surface area contributed by atoms with E-state index in [0.717, 1.165) is 41.2 Å². The second-order valence-corrected chi connectivity index (χ2v) is 9.28. The van der Waals surface area contributed by atoms with Crippen LogP contribution in [0.3, 0.4) is 0 Å². The molecule has 2 unspecified atom stereocenters. The fraction of sp³-hybridized carbons (Fsp3) is 0.542. The lowest BCUT2D eigenvalue weighted by Gasteiger charge is -2.38. The number of rotatable bonds is 6. The highest BCUT2D eigenvalue weighted by atomic mass is 19.1. The van der Waals surface area contributed by atoms with Crippen LogP contribution < -0.4 is 10.2 Å². The first-order chi connectivity index (χ1) is 15.2. The molecule has 1 aromatic heterocycles. The van der Waals surface area contributed by atoms with E-state index in [2.05, 4.69) is 34.0 Å². The Kier molecular flexibility index (Phi) is 6.44. The summed E-state index contributed by atoms with van der Waals surface area (Å²) in [5.74, 6) is 1.85. The van der Waals surface area contributed by atoms with Gasteiger partial charge in [0.2, 0.25) is 0 Å². The highest BCUT2D eigenvalue weighted by Crippen LogP contribution is 2.36. The average molecular weight is 441 g/mol. The highest BCUT2D eigenvalue weighted by molar-refractivity contribution is 5.88. The number of nitrogens with zero attached hydrogens (tertiary/aromatic N) is 4. The van der Waals surface area contributed by atoms with Gasteiger partial charge in [-0.05, 0) is 63.9 Å². The van der Waals surface area contributed by atoms with Gasteiger partial charge in [0.05, 0.1) is 6.10 Å². The average Bonchev–Trinajstić information content (AvgIpc) is 2.72. The summed E-state index contributed by atoms with van der Waals surface area (Å²) in [7, 11) is 0. The van der Waals surface area contributed by atoms with Crippen LogP contribution >= 0.6 is 0 Å². The van der Waals surface area contributed by atoms with Gasteiger partial charge in [-0.2, -0.15) is 0 Å². The molecule has 2 aromatic rings. The summed E-state index contributed by atoms with van der Waals surface area (Å²) >= 11 is 0. The molecule has 2 aliphatic heterocycles. The van der Waals surface area contributed by atoms with Crippen LogP contribution in [0.5, 0.6) is 0 Å². The Balaban J connectivity index is 1.62. The fourth-order valence-electron chi connectivity index (χ4n) is 4.68. The van der Waals surface area contributed by atoms with Gasteiger partial charge in [0.1, 0.15) is 23.6 Å². The van der Waals surface area contributed by atoms with Crippen LogP contribution in [0.15, 0.2) is 18.2 Å². The minimum absolute atomic E-state index is 0.157. The van der Waals surface area contributed by atoms with E-state index in [9.17, 15) is 5.11 Å². The number of nitrogens with one attached hydrogen (secondary N) is 2. The zero-order valence-corrected chi connectivity index (χ0v) is 19.3. The molecule has 0 radical (unpaired) electrons. The Morgan fingerprint density at radius 2 is 1.94 bits per heavy atom. The number of alkyl halides is 1. The molecule has 172 valence electrons. The molecule has 3 N–H and O–H groups in total. The van der Waals surface area contributed by atoms with Crippen molar-refractivity contribution in [3.05, 3.63) is 40.7 Å². The number of aryl methyl sites for hydroxylation is 2. The van der Waals surface area contributed by atoms with Crippen molar-refractivity contribution in [2.24, 2.45) is 0 Å². The highest BCUT2D eigenvalue weighted by Gasteiger charge is 2.32. The largest absolute Gasteiger partial charge is 0.389 e. The van der Waals surface area contributed by atoms with Crippen LogP contribution in [-0.4, -0.2) is 70.7 Å².